The second kappa shape index (κ2) is 14.6. The van der Waals surface area contributed by atoms with E-state index in [0.717, 1.165) is 19.3 Å². The third-order valence-corrected chi connectivity index (χ3v) is 5.38. The van der Waals surface area contributed by atoms with Crippen LogP contribution in [0.25, 0.3) is 0 Å². The van der Waals surface area contributed by atoms with Crippen molar-refractivity contribution in [2.45, 2.75) is 73.1 Å². The average Bonchev–Trinajstić information content (AvgIpc) is 2.74. The van der Waals surface area contributed by atoms with Gasteiger partial charge in [-0.15, -0.1) is 5.11 Å². The number of allylic oxidation sites excluding steroid dienone is 2. The van der Waals surface area contributed by atoms with Crippen molar-refractivity contribution in [3.8, 4) is 11.5 Å². The van der Waals surface area contributed by atoms with Gasteiger partial charge in [-0.05, 0) is 31.3 Å². The van der Waals surface area contributed by atoms with Crippen molar-refractivity contribution in [3.63, 3.8) is 0 Å². The fourth-order valence-corrected chi connectivity index (χ4v) is 3.07. The molecule has 5 heteroatoms. The van der Waals surface area contributed by atoms with Crippen LogP contribution in [-0.2, 0) is 0 Å². The van der Waals surface area contributed by atoms with Gasteiger partial charge >= 0.3 is 0 Å². The van der Waals surface area contributed by atoms with Crippen LogP contribution in [-0.4, -0.2) is 13.2 Å². The number of nitrogen functional groups attached to an aromatic ring is 1. The van der Waals surface area contributed by atoms with Gasteiger partial charge in [0.1, 0.15) is 17.2 Å². The van der Waals surface area contributed by atoms with Crippen molar-refractivity contribution in [3.05, 3.63) is 36.6 Å². The highest BCUT2D eigenvalue weighted by Gasteiger charge is 2.14. The van der Waals surface area contributed by atoms with Gasteiger partial charge in [0.2, 0.25) is 0 Å². The van der Waals surface area contributed by atoms with E-state index >= 15 is 0 Å². The van der Waals surface area contributed by atoms with E-state index < -0.39 is 0 Å². The lowest BCUT2D eigenvalue weighted by Crippen LogP contribution is -2.13. The van der Waals surface area contributed by atoms with Crippen molar-refractivity contribution in [2.75, 3.05) is 18.9 Å². The fourth-order valence-electron chi connectivity index (χ4n) is 3.07. The number of nitrogens with zero attached hydrogens (tertiary/aromatic N) is 2. The largest absolute Gasteiger partial charge is 0.491 e. The van der Waals surface area contributed by atoms with Gasteiger partial charge in [-0.1, -0.05) is 72.5 Å². The first kappa shape index (κ1) is 25.7. The van der Waals surface area contributed by atoms with Crippen LogP contribution in [0.3, 0.4) is 0 Å². The summed E-state index contributed by atoms with van der Waals surface area (Å²) < 4.78 is 12.2. The third kappa shape index (κ3) is 9.02. The van der Waals surface area contributed by atoms with Crippen molar-refractivity contribution < 1.29 is 9.47 Å². The molecular formula is C25H41N3O2. The Bertz CT molecular complexity index is 694. The van der Waals surface area contributed by atoms with Gasteiger partial charge in [0.15, 0.2) is 0 Å². The molecule has 168 valence electrons. The number of hydrogen-bond donors (Lipinski definition) is 1. The molecule has 0 aliphatic carbocycles. The molecule has 0 aliphatic heterocycles. The summed E-state index contributed by atoms with van der Waals surface area (Å²) in [5.74, 6) is 2.27. The maximum absolute atomic E-state index is 6.29. The second-order valence-electron chi connectivity index (χ2n) is 7.77. The molecule has 0 aromatic heterocycles. The first-order valence-corrected chi connectivity index (χ1v) is 11.4. The minimum absolute atomic E-state index is 0.494. The number of ether oxygens (including phenoxy) is 2. The summed E-state index contributed by atoms with van der Waals surface area (Å²) in [6.45, 7) is 15.8. The summed E-state index contributed by atoms with van der Waals surface area (Å²) in [5, 5.41) is 8.57. The predicted molar refractivity (Wildman–Crippen MR) is 128 cm³/mol. The van der Waals surface area contributed by atoms with Gasteiger partial charge in [0.25, 0.3) is 0 Å². The molecule has 1 unspecified atom stereocenters. The van der Waals surface area contributed by atoms with Crippen LogP contribution in [0.15, 0.2) is 46.8 Å². The summed E-state index contributed by atoms with van der Waals surface area (Å²) in [5.41, 5.74) is 8.03. The molecule has 1 aromatic rings. The summed E-state index contributed by atoms with van der Waals surface area (Å²) >= 11 is 0. The average molecular weight is 416 g/mol. The molecule has 0 radical (unpaired) electrons. The van der Waals surface area contributed by atoms with Gasteiger partial charge < -0.3 is 15.2 Å². The SMILES string of the molecule is C=C(/C=C\C)N=Nc1cc(OCC(CC)CCCC)c(N)cc1OCC(CC)CC. The summed E-state index contributed by atoms with van der Waals surface area (Å²) in [7, 11) is 0. The highest BCUT2D eigenvalue weighted by Crippen LogP contribution is 2.38. The maximum Gasteiger partial charge on any atom is 0.149 e. The minimum atomic E-state index is 0.494. The Hall–Kier alpha value is -2.30. The number of hydrogen-bond acceptors (Lipinski definition) is 5. The molecule has 0 saturated heterocycles. The number of anilines is 1. The molecule has 1 aromatic carbocycles. The van der Waals surface area contributed by atoms with E-state index in [1.165, 1.54) is 19.3 Å². The summed E-state index contributed by atoms with van der Waals surface area (Å²) in [4.78, 5) is 0. The molecule has 0 fully saturated rings. The zero-order valence-corrected chi connectivity index (χ0v) is 19.6. The van der Waals surface area contributed by atoms with Crippen molar-refractivity contribution in [2.24, 2.45) is 22.1 Å². The van der Waals surface area contributed by atoms with Crippen LogP contribution in [0.5, 0.6) is 11.5 Å². The second-order valence-corrected chi connectivity index (χ2v) is 7.77. The van der Waals surface area contributed by atoms with Gasteiger partial charge in [-0.25, -0.2) is 0 Å². The Morgan fingerprint density at radius 2 is 1.67 bits per heavy atom. The molecule has 0 spiro atoms. The Morgan fingerprint density at radius 3 is 2.27 bits per heavy atom. The molecule has 0 heterocycles. The first-order chi connectivity index (χ1) is 14.5. The number of nitrogens with two attached hydrogens (primary N) is 1. The monoisotopic (exact) mass is 415 g/mol. The van der Waals surface area contributed by atoms with Crippen molar-refractivity contribution in [1.82, 2.24) is 0 Å². The Labute approximate surface area is 183 Å². The van der Waals surface area contributed by atoms with Crippen LogP contribution in [0.4, 0.5) is 11.4 Å². The van der Waals surface area contributed by atoms with E-state index in [-0.39, 0.29) is 0 Å². The standard InChI is InChI=1S/C25H41N3O2/c1-7-12-14-21(11-5)18-29-24-16-23(28-27-19(6)13-8-2)25(15-22(24)26)30-17-20(9-3)10-4/h8,13,15-16,20-21H,6-7,9-12,14,17-18,26H2,1-5H3/b13-8-,28-27?. The number of azo groups is 1. The molecule has 0 aliphatic rings. The zero-order chi connectivity index (χ0) is 22.4. The third-order valence-electron chi connectivity index (χ3n) is 5.38. The molecule has 1 rings (SSSR count). The van der Waals surface area contributed by atoms with E-state index in [2.05, 4.69) is 44.5 Å². The molecule has 0 amide bonds. The van der Waals surface area contributed by atoms with E-state index in [9.17, 15) is 0 Å². The number of unbranched alkanes of at least 4 members (excludes halogenated alkanes) is 1. The number of benzene rings is 1. The highest BCUT2D eigenvalue weighted by molar-refractivity contribution is 5.66. The summed E-state index contributed by atoms with van der Waals surface area (Å²) in [6.07, 6.45) is 10.5. The Morgan fingerprint density at radius 1 is 1.03 bits per heavy atom. The van der Waals surface area contributed by atoms with Crippen LogP contribution < -0.4 is 15.2 Å². The van der Waals surface area contributed by atoms with E-state index in [4.69, 9.17) is 15.2 Å². The zero-order valence-electron chi connectivity index (χ0n) is 19.6. The predicted octanol–water partition coefficient (Wildman–Crippen LogP) is 7.85. The van der Waals surface area contributed by atoms with E-state index in [1.54, 1.807) is 6.07 Å². The molecule has 0 bridgehead atoms. The molecule has 2 N–H and O–H groups in total. The lowest BCUT2D eigenvalue weighted by atomic mass is 10.0. The Kier molecular flexibility index (Phi) is 12.6. The minimum Gasteiger partial charge on any atom is -0.491 e. The maximum atomic E-state index is 6.29. The molecular weight excluding hydrogens is 374 g/mol. The normalized spacial score (nSPS) is 12.7. The van der Waals surface area contributed by atoms with Crippen LogP contribution >= 0.6 is 0 Å². The van der Waals surface area contributed by atoms with Gasteiger partial charge in [-0.2, -0.15) is 5.11 Å². The van der Waals surface area contributed by atoms with Crippen LogP contribution in [0.1, 0.15) is 73.1 Å². The van der Waals surface area contributed by atoms with Gasteiger partial charge in [0, 0.05) is 12.1 Å². The van der Waals surface area contributed by atoms with Gasteiger partial charge in [0.05, 0.1) is 24.6 Å². The molecule has 30 heavy (non-hydrogen) atoms. The highest BCUT2D eigenvalue weighted by atomic mass is 16.5. The van der Waals surface area contributed by atoms with E-state index in [1.807, 2.05) is 25.1 Å². The lowest BCUT2D eigenvalue weighted by Gasteiger charge is -2.19. The first-order valence-electron chi connectivity index (χ1n) is 11.4. The van der Waals surface area contributed by atoms with Crippen LogP contribution in [0.2, 0.25) is 0 Å². The van der Waals surface area contributed by atoms with E-state index in [0.29, 0.717) is 53.6 Å². The molecule has 1 atom stereocenters. The topological polar surface area (TPSA) is 69.2 Å². The number of rotatable bonds is 15. The molecule has 5 nitrogen and oxygen atoms in total. The van der Waals surface area contributed by atoms with Gasteiger partial charge in [-0.3, -0.25) is 0 Å². The Balaban J connectivity index is 3.07. The summed E-state index contributed by atoms with van der Waals surface area (Å²) in [6, 6.07) is 3.63. The smallest absolute Gasteiger partial charge is 0.149 e. The van der Waals surface area contributed by atoms with Crippen molar-refractivity contribution in [1.29, 1.82) is 0 Å². The lowest BCUT2D eigenvalue weighted by molar-refractivity contribution is 0.231. The van der Waals surface area contributed by atoms with Crippen molar-refractivity contribution >= 4 is 11.4 Å². The quantitative estimate of drug-likeness (QED) is 0.180. The fraction of sp³-hybridized carbons (Fsp3) is 0.600. The molecule has 0 saturated carbocycles. The van der Waals surface area contributed by atoms with Crippen LogP contribution in [0, 0.1) is 11.8 Å².